The number of likely N-dealkylation sites (tertiary alicyclic amines) is 1. The van der Waals surface area contributed by atoms with Crippen LogP contribution in [0.1, 0.15) is 67.2 Å². The van der Waals surface area contributed by atoms with Crippen molar-refractivity contribution in [2.75, 3.05) is 25.0 Å². The Labute approximate surface area is 193 Å². The maximum absolute atomic E-state index is 12.9. The minimum atomic E-state index is -0.364. The summed E-state index contributed by atoms with van der Waals surface area (Å²) in [6.45, 7) is 3.40. The number of hydrogen-bond donors (Lipinski definition) is 1. The molecule has 1 aliphatic carbocycles. The van der Waals surface area contributed by atoms with Crippen molar-refractivity contribution < 1.29 is 14.3 Å². The second kappa shape index (κ2) is 9.21. The molecule has 0 spiro atoms. The summed E-state index contributed by atoms with van der Waals surface area (Å²) in [6, 6.07) is 10.8. The Bertz CT molecular complexity index is 1150. The molecule has 2 fully saturated rings. The van der Waals surface area contributed by atoms with Crippen LogP contribution in [-0.2, 0) is 4.74 Å². The number of nitrogens with zero attached hydrogens (tertiary/aromatic N) is 4. The maximum atomic E-state index is 12.9. The summed E-state index contributed by atoms with van der Waals surface area (Å²) in [6.07, 6.45) is 7.52. The van der Waals surface area contributed by atoms with Crippen LogP contribution in [0, 0.1) is 0 Å². The van der Waals surface area contributed by atoms with Crippen LogP contribution in [0.3, 0.4) is 0 Å². The van der Waals surface area contributed by atoms with Crippen LogP contribution in [0.5, 0.6) is 0 Å². The summed E-state index contributed by atoms with van der Waals surface area (Å²) in [5.74, 6) is 1.24. The van der Waals surface area contributed by atoms with E-state index in [2.05, 4.69) is 14.9 Å². The first-order chi connectivity index (χ1) is 16.1. The minimum absolute atomic E-state index is 0.138. The first-order valence-corrected chi connectivity index (χ1v) is 11.8. The maximum Gasteiger partial charge on any atom is 0.338 e. The largest absolute Gasteiger partial charge is 0.462 e. The molecule has 1 atom stereocenters. The third-order valence-electron chi connectivity index (χ3n) is 6.66. The number of anilines is 1. The quantitative estimate of drug-likeness (QED) is 0.571. The molecule has 8 heteroatoms. The molecule has 2 amide bonds. The van der Waals surface area contributed by atoms with E-state index in [-0.39, 0.29) is 18.0 Å². The summed E-state index contributed by atoms with van der Waals surface area (Å²) >= 11 is 0. The summed E-state index contributed by atoms with van der Waals surface area (Å²) in [4.78, 5) is 36.2. The fourth-order valence-corrected chi connectivity index (χ4v) is 5.02. The summed E-state index contributed by atoms with van der Waals surface area (Å²) in [5, 5.41) is 2.95. The number of aromatic nitrogens is 3. The minimum Gasteiger partial charge on any atom is -0.462 e. The fraction of sp³-hybridized carbons (Fsp3) is 0.440. The van der Waals surface area contributed by atoms with Crippen molar-refractivity contribution in [3.8, 4) is 0 Å². The SMILES string of the molecule is CCOC(=O)c1ccc(NC(=O)N2CC[C@@H](n3c(C4CCCC4)nc4cccnc43)C2)cc1. The lowest BCUT2D eigenvalue weighted by Crippen LogP contribution is -2.33. The molecular weight excluding hydrogens is 418 g/mol. The number of benzene rings is 1. The highest BCUT2D eigenvalue weighted by atomic mass is 16.5. The van der Waals surface area contributed by atoms with E-state index in [0.717, 1.165) is 23.4 Å². The molecule has 0 unspecified atom stereocenters. The van der Waals surface area contributed by atoms with Crippen molar-refractivity contribution in [1.82, 2.24) is 19.4 Å². The number of amides is 2. The first-order valence-electron chi connectivity index (χ1n) is 11.8. The number of nitrogens with one attached hydrogen (secondary N) is 1. The van der Waals surface area contributed by atoms with Gasteiger partial charge in [0.1, 0.15) is 11.3 Å². The van der Waals surface area contributed by atoms with E-state index in [0.29, 0.717) is 36.9 Å². The Morgan fingerprint density at radius 1 is 1.12 bits per heavy atom. The van der Waals surface area contributed by atoms with Crippen molar-refractivity contribution in [2.24, 2.45) is 0 Å². The van der Waals surface area contributed by atoms with Gasteiger partial charge in [0.05, 0.1) is 18.2 Å². The lowest BCUT2D eigenvalue weighted by molar-refractivity contribution is 0.0526. The van der Waals surface area contributed by atoms with Gasteiger partial charge in [0.15, 0.2) is 5.65 Å². The topological polar surface area (TPSA) is 89.4 Å². The third kappa shape index (κ3) is 4.29. The highest BCUT2D eigenvalue weighted by Gasteiger charge is 2.33. The van der Waals surface area contributed by atoms with Crippen LogP contribution >= 0.6 is 0 Å². The van der Waals surface area contributed by atoms with E-state index in [4.69, 9.17) is 9.72 Å². The van der Waals surface area contributed by atoms with Gasteiger partial charge in [-0.1, -0.05) is 12.8 Å². The zero-order valence-corrected chi connectivity index (χ0v) is 18.9. The lowest BCUT2D eigenvalue weighted by Gasteiger charge is -2.21. The average molecular weight is 448 g/mol. The highest BCUT2D eigenvalue weighted by Crippen LogP contribution is 2.38. The van der Waals surface area contributed by atoms with Crippen molar-refractivity contribution in [3.63, 3.8) is 0 Å². The van der Waals surface area contributed by atoms with Gasteiger partial charge in [0.2, 0.25) is 0 Å². The van der Waals surface area contributed by atoms with Crippen molar-refractivity contribution >= 4 is 28.9 Å². The Hall–Kier alpha value is -3.42. The van der Waals surface area contributed by atoms with E-state index in [1.54, 1.807) is 31.2 Å². The van der Waals surface area contributed by atoms with Crippen LogP contribution in [0.2, 0.25) is 0 Å². The second-order valence-corrected chi connectivity index (χ2v) is 8.78. The van der Waals surface area contributed by atoms with Gasteiger partial charge in [-0.3, -0.25) is 0 Å². The van der Waals surface area contributed by atoms with Gasteiger partial charge in [0, 0.05) is 30.9 Å². The molecule has 1 saturated heterocycles. The zero-order chi connectivity index (χ0) is 22.8. The van der Waals surface area contributed by atoms with Crippen LogP contribution in [0.15, 0.2) is 42.6 Å². The van der Waals surface area contributed by atoms with Crippen LogP contribution < -0.4 is 5.32 Å². The van der Waals surface area contributed by atoms with E-state index in [1.807, 2.05) is 23.2 Å². The molecule has 1 N–H and O–H groups in total. The number of pyridine rings is 1. The van der Waals surface area contributed by atoms with Crippen molar-refractivity contribution in [1.29, 1.82) is 0 Å². The normalized spacial score (nSPS) is 18.7. The van der Waals surface area contributed by atoms with Crippen molar-refractivity contribution in [2.45, 2.75) is 51.0 Å². The Morgan fingerprint density at radius 2 is 1.91 bits per heavy atom. The molecule has 0 radical (unpaired) electrons. The van der Waals surface area contributed by atoms with Gasteiger partial charge in [-0.25, -0.2) is 19.6 Å². The highest BCUT2D eigenvalue weighted by molar-refractivity contribution is 5.92. The summed E-state index contributed by atoms with van der Waals surface area (Å²) < 4.78 is 7.31. The van der Waals surface area contributed by atoms with E-state index >= 15 is 0 Å². The molecule has 1 aliphatic heterocycles. The van der Waals surface area contributed by atoms with Crippen molar-refractivity contribution in [3.05, 3.63) is 54.0 Å². The zero-order valence-electron chi connectivity index (χ0n) is 18.9. The predicted octanol–water partition coefficient (Wildman–Crippen LogP) is 4.74. The number of carbonyl (C=O) groups excluding carboxylic acids is 2. The lowest BCUT2D eigenvalue weighted by atomic mass is 10.1. The van der Waals surface area contributed by atoms with Crippen LogP contribution in [0.25, 0.3) is 11.2 Å². The van der Waals surface area contributed by atoms with Crippen LogP contribution in [0.4, 0.5) is 10.5 Å². The first kappa shape index (κ1) is 21.4. The molecule has 8 nitrogen and oxygen atoms in total. The molecule has 2 aromatic heterocycles. The number of rotatable bonds is 5. The molecule has 1 aromatic carbocycles. The second-order valence-electron chi connectivity index (χ2n) is 8.78. The Balaban J connectivity index is 1.30. The molecule has 2 aliphatic rings. The summed E-state index contributed by atoms with van der Waals surface area (Å²) in [7, 11) is 0. The number of urea groups is 1. The van der Waals surface area contributed by atoms with Gasteiger partial charge in [-0.15, -0.1) is 0 Å². The number of hydrogen-bond acceptors (Lipinski definition) is 5. The number of imidazole rings is 1. The van der Waals surface area contributed by atoms with Gasteiger partial charge < -0.3 is 19.5 Å². The van der Waals surface area contributed by atoms with E-state index < -0.39 is 0 Å². The Kier molecular flexibility index (Phi) is 5.98. The number of fused-ring (bicyclic) bond motifs is 1. The monoisotopic (exact) mass is 447 g/mol. The number of esters is 1. The Morgan fingerprint density at radius 3 is 2.67 bits per heavy atom. The van der Waals surface area contributed by atoms with Gasteiger partial charge in [0.25, 0.3) is 0 Å². The smallest absolute Gasteiger partial charge is 0.338 e. The van der Waals surface area contributed by atoms with Crippen LogP contribution in [-0.4, -0.2) is 51.1 Å². The molecule has 0 bridgehead atoms. The third-order valence-corrected chi connectivity index (χ3v) is 6.66. The molecular formula is C25H29N5O3. The molecule has 3 aromatic rings. The standard InChI is InChI=1S/C25H29N5O3/c1-2-33-24(31)18-9-11-19(12-10-18)27-25(32)29-15-13-20(16-29)30-22(17-6-3-4-7-17)28-21-8-5-14-26-23(21)30/h5,8-12,14,17,20H,2-4,6-7,13,15-16H2,1H3,(H,27,32)/t20-/m1/s1. The van der Waals surface area contributed by atoms with Gasteiger partial charge >= 0.3 is 12.0 Å². The fourth-order valence-electron chi connectivity index (χ4n) is 5.02. The molecule has 1 saturated carbocycles. The molecule has 33 heavy (non-hydrogen) atoms. The summed E-state index contributed by atoms with van der Waals surface area (Å²) in [5.41, 5.74) is 2.97. The van der Waals surface area contributed by atoms with E-state index in [9.17, 15) is 9.59 Å². The molecule has 5 rings (SSSR count). The number of carbonyl (C=O) groups is 2. The number of ether oxygens (including phenoxy) is 1. The average Bonchev–Trinajstić information content (AvgIpc) is 3.58. The van der Waals surface area contributed by atoms with Gasteiger partial charge in [-0.05, 0) is 62.6 Å². The van der Waals surface area contributed by atoms with Gasteiger partial charge in [-0.2, -0.15) is 0 Å². The molecule has 3 heterocycles. The molecule has 172 valence electrons. The van der Waals surface area contributed by atoms with E-state index in [1.165, 1.54) is 25.7 Å². The predicted molar refractivity (Wildman–Crippen MR) is 125 cm³/mol.